The second-order valence-corrected chi connectivity index (χ2v) is 3.22. The lowest BCUT2D eigenvalue weighted by molar-refractivity contribution is 0.196. The van der Waals surface area contributed by atoms with Gasteiger partial charge in [-0.2, -0.15) is 0 Å². The Balaban J connectivity index is 3.44. The molecule has 1 atom stereocenters. The molecule has 0 radical (unpaired) electrons. The smallest absolute Gasteiger partial charge is 0.0820 e. The molecule has 0 bridgehead atoms. The standard InChI is InChI=1S/C11H20O/c1-4-6-7-8-9-11(12)10(3)5-2/h11-12H,2,4,6-9H2,1,3H3. The van der Waals surface area contributed by atoms with Gasteiger partial charge in [0.1, 0.15) is 0 Å². The summed E-state index contributed by atoms with van der Waals surface area (Å²) in [5.41, 5.74) is 3.59. The van der Waals surface area contributed by atoms with Crippen LogP contribution in [0.15, 0.2) is 17.9 Å². The number of unbranched alkanes of at least 4 members (excludes halogenated alkanes) is 3. The van der Waals surface area contributed by atoms with Crippen LogP contribution in [0.2, 0.25) is 0 Å². The highest BCUT2D eigenvalue weighted by molar-refractivity contribution is 5.00. The molecular weight excluding hydrogens is 148 g/mol. The SMILES string of the molecule is C=C=C(C)C(O)CCCCCC. The van der Waals surface area contributed by atoms with Gasteiger partial charge in [0, 0.05) is 0 Å². The predicted octanol–water partition coefficient (Wildman–Crippen LogP) is 3.05. The minimum Gasteiger partial charge on any atom is -0.388 e. The molecule has 0 spiro atoms. The Kier molecular flexibility index (Phi) is 6.84. The predicted molar refractivity (Wildman–Crippen MR) is 53.1 cm³/mol. The van der Waals surface area contributed by atoms with Crippen molar-refractivity contribution in [1.82, 2.24) is 0 Å². The molecule has 0 aromatic carbocycles. The van der Waals surface area contributed by atoms with Crippen LogP contribution in [0.3, 0.4) is 0 Å². The monoisotopic (exact) mass is 168 g/mol. The summed E-state index contributed by atoms with van der Waals surface area (Å²) in [4.78, 5) is 0. The van der Waals surface area contributed by atoms with E-state index in [9.17, 15) is 5.11 Å². The van der Waals surface area contributed by atoms with Crippen molar-refractivity contribution in [2.24, 2.45) is 0 Å². The molecule has 0 heterocycles. The van der Waals surface area contributed by atoms with Crippen molar-refractivity contribution >= 4 is 0 Å². The molecule has 1 N–H and O–H groups in total. The third kappa shape index (κ3) is 5.17. The highest BCUT2D eigenvalue weighted by Crippen LogP contribution is 2.10. The van der Waals surface area contributed by atoms with Gasteiger partial charge in [-0.1, -0.05) is 39.2 Å². The van der Waals surface area contributed by atoms with E-state index in [1.165, 1.54) is 19.3 Å². The zero-order chi connectivity index (χ0) is 9.40. The fourth-order valence-electron chi connectivity index (χ4n) is 1.10. The minimum atomic E-state index is -0.320. The van der Waals surface area contributed by atoms with Crippen LogP contribution in [0.25, 0.3) is 0 Å². The Labute approximate surface area is 75.8 Å². The van der Waals surface area contributed by atoms with E-state index in [1.54, 1.807) is 0 Å². The average Bonchev–Trinajstić information content (AvgIpc) is 2.10. The molecule has 0 aliphatic heterocycles. The molecule has 0 amide bonds. The summed E-state index contributed by atoms with van der Waals surface area (Å²) in [6.45, 7) is 7.56. The molecule has 0 fully saturated rings. The first-order valence-electron chi connectivity index (χ1n) is 4.77. The van der Waals surface area contributed by atoms with Gasteiger partial charge in [0.2, 0.25) is 0 Å². The normalized spacial score (nSPS) is 12.2. The van der Waals surface area contributed by atoms with Gasteiger partial charge in [-0.25, -0.2) is 0 Å². The average molecular weight is 168 g/mol. The quantitative estimate of drug-likeness (QED) is 0.477. The molecule has 1 unspecified atom stereocenters. The lowest BCUT2D eigenvalue weighted by Gasteiger charge is -2.08. The Morgan fingerprint density at radius 3 is 2.58 bits per heavy atom. The largest absolute Gasteiger partial charge is 0.388 e. The first-order valence-corrected chi connectivity index (χ1v) is 4.77. The van der Waals surface area contributed by atoms with Crippen LogP contribution >= 0.6 is 0 Å². The van der Waals surface area contributed by atoms with E-state index >= 15 is 0 Å². The van der Waals surface area contributed by atoms with Crippen molar-refractivity contribution in [3.05, 3.63) is 17.9 Å². The van der Waals surface area contributed by atoms with E-state index in [4.69, 9.17) is 0 Å². The maximum absolute atomic E-state index is 9.48. The maximum Gasteiger partial charge on any atom is 0.0820 e. The molecule has 0 saturated heterocycles. The lowest BCUT2D eigenvalue weighted by atomic mass is 10.0. The summed E-state index contributed by atoms with van der Waals surface area (Å²) >= 11 is 0. The molecule has 70 valence electrons. The Bertz CT molecular complexity index is 154. The summed E-state index contributed by atoms with van der Waals surface area (Å²) < 4.78 is 0. The highest BCUT2D eigenvalue weighted by Gasteiger charge is 2.04. The third-order valence-electron chi connectivity index (χ3n) is 2.11. The van der Waals surface area contributed by atoms with Gasteiger partial charge in [-0.15, -0.1) is 5.73 Å². The minimum absolute atomic E-state index is 0.320. The first kappa shape index (κ1) is 11.5. The summed E-state index contributed by atoms with van der Waals surface area (Å²) in [5, 5.41) is 9.48. The van der Waals surface area contributed by atoms with E-state index in [2.05, 4.69) is 19.2 Å². The van der Waals surface area contributed by atoms with Gasteiger partial charge in [0.05, 0.1) is 6.10 Å². The van der Waals surface area contributed by atoms with Gasteiger partial charge >= 0.3 is 0 Å². The van der Waals surface area contributed by atoms with Crippen molar-refractivity contribution in [3.63, 3.8) is 0 Å². The molecule has 0 saturated carbocycles. The molecule has 0 aliphatic carbocycles. The lowest BCUT2D eigenvalue weighted by Crippen LogP contribution is -2.06. The van der Waals surface area contributed by atoms with Crippen molar-refractivity contribution in [2.75, 3.05) is 0 Å². The summed E-state index contributed by atoms with van der Waals surface area (Å²) in [7, 11) is 0. The van der Waals surface area contributed by atoms with Crippen LogP contribution in [-0.4, -0.2) is 11.2 Å². The van der Waals surface area contributed by atoms with Crippen molar-refractivity contribution in [3.8, 4) is 0 Å². The molecule has 0 aromatic heterocycles. The number of hydrogen-bond donors (Lipinski definition) is 1. The number of hydrogen-bond acceptors (Lipinski definition) is 1. The first-order chi connectivity index (χ1) is 5.72. The number of aliphatic hydroxyl groups excluding tert-OH is 1. The molecule has 1 heteroatoms. The molecule has 1 nitrogen and oxygen atoms in total. The van der Waals surface area contributed by atoms with Crippen molar-refractivity contribution < 1.29 is 5.11 Å². The maximum atomic E-state index is 9.48. The van der Waals surface area contributed by atoms with E-state index < -0.39 is 0 Å². The zero-order valence-corrected chi connectivity index (χ0v) is 8.27. The summed E-state index contributed by atoms with van der Waals surface area (Å²) in [5.74, 6) is 0. The van der Waals surface area contributed by atoms with E-state index in [-0.39, 0.29) is 6.10 Å². The fourth-order valence-corrected chi connectivity index (χ4v) is 1.10. The van der Waals surface area contributed by atoms with Gasteiger partial charge in [0.25, 0.3) is 0 Å². The third-order valence-corrected chi connectivity index (χ3v) is 2.11. The van der Waals surface area contributed by atoms with E-state index in [0.29, 0.717) is 0 Å². The second-order valence-electron chi connectivity index (χ2n) is 3.22. The van der Waals surface area contributed by atoms with E-state index in [0.717, 1.165) is 18.4 Å². The van der Waals surface area contributed by atoms with Crippen LogP contribution in [0.4, 0.5) is 0 Å². The van der Waals surface area contributed by atoms with Crippen molar-refractivity contribution in [2.45, 2.75) is 52.1 Å². The second kappa shape index (κ2) is 7.15. The van der Waals surface area contributed by atoms with Crippen LogP contribution < -0.4 is 0 Å². The molecule has 0 aliphatic rings. The topological polar surface area (TPSA) is 20.2 Å². The molecule has 12 heavy (non-hydrogen) atoms. The summed E-state index contributed by atoms with van der Waals surface area (Å²) in [6.07, 6.45) is 5.37. The Hall–Kier alpha value is -0.520. The number of aliphatic hydroxyl groups is 1. The van der Waals surface area contributed by atoms with Gasteiger partial charge < -0.3 is 5.11 Å². The van der Waals surface area contributed by atoms with Gasteiger partial charge in [-0.3, -0.25) is 0 Å². The van der Waals surface area contributed by atoms with Crippen molar-refractivity contribution in [1.29, 1.82) is 0 Å². The summed E-state index contributed by atoms with van der Waals surface area (Å²) in [6, 6.07) is 0. The van der Waals surface area contributed by atoms with Crippen LogP contribution in [-0.2, 0) is 0 Å². The van der Waals surface area contributed by atoms with E-state index in [1.807, 2.05) is 6.92 Å². The Morgan fingerprint density at radius 2 is 2.08 bits per heavy atom. The highest BCUT2D eigenvalue weighted by atomic mass is 16.3. The zero-order valence-electron chi connectivity index (χ0n) is 8.27. The van der Waals surface area contributed by atoms with Gasteiger partial charge in [-0.05, 0) is 18.9 Å². The van der Waals surface area contributed by atoms with Crippen LogP contribution in [0.1, 0.15) is 46.0 Å². The molecule has 0 rings (SSSR count). The molecule has 0 aromatic rings. The number of rotatable bonds is 6. The molecular formula is C11H20O. The fraction of sp³-hybridized carbons (Fsp3) is 0.727. The van der Waals surface area contributed by atoms with Crippen LogP contribution in [0.5, 0.6) is 0 Å². The van der Waals surface area contributed by atoms with Crippen LogP contribution in [0, 0.1) is 0 Å². The van der Waals surface area contributed by atoms with Gasteiger partial charge in [0.15, 0.2) is 0 Å². The Morgan fingerprint density at radius 1 is 1.42 bits per heavy atom.